The van der Waals surface area contributed by atoms with Crippen molar-refractivity contribution in [2.24, 2.45) is 0 Å². The number of ether oxygens (including phenoxy) is 1. The summed E-state index contributed by atoms with van der Waals surface area (Å²) in [4.78, 5) is 16.2. The molecule has 1 amide bonds. The third-order valence-electron chi connectivity index (χ3n) is 3.56. The van der Waals surface area contributed by atoms with E-state index in [0.717, 1.165) is 11.3 Å². The maximum absolute atomic E-state index is 12.0. The number of benzene rings is 1. The predicted octanol–water partition coefficient (Wildman–Crippen LogP) is 3.37. The van der Waals surface area contributed by atoms with Gasteiger partial charge >= 0.3 is 0 Å². The molecule has 136 valence electrons. The monoisotopic (exact) mass is 355 g/mol. The zero-order valence-corrected chi connectivity index (χ0v) is 14.8. The molecule has 0 saturated carbocycles. The fourth-order valence-corrected chi connectivity index (χ4v) is 2.33. The van der Waals surface area contributed by atoms with E-state index in [0.29, 0.717) is 30.4 Å². The number of aryl methyl sites for hydroxylation is 1. The Kier molecular flexibility index (Phi) is 5.68. The van der Waals surface area contributed by atoms with Gasteiger partial charge < -0.3 is 19.0 Å². The quantitative estimate of drug-likeness (QED) is 0.666. The molecule has 2 aromatic heterocycles. The Morgan fingerprint density at radius 1 is 1.23 bits per heavy atom. The largest absolute Gasteiger partial charge is 0.491 e. The molecule has 0 aliphatic rings. The van der Waals surface area contributed by atoms with E-state index in [1.807, 2.05) is 38.1 Å². The second-order valence-electron chi connectivity index (χ2n) is 6.08. The highest BCUT2D eigenvalue weighted by molar-refractivity contribution is 5.76. The summed E-state index contributed by atoms with van der Waals surface area (Å²) in [6.45, 7) is 4.42. The molecule has 2 heterocycles. The summed E-state index contributed by atoms with van der Waals surface area (Å²) < 4.78 is 15.9. The lowest BCUT2D eigenvalue weighted by Crippen LogP contribution is -2.23. The van der Waals surface area contributed by atoms with Crippen LogP contribution in [0.15, 0.2) is 51.6 Å². The topological polar surface area (TPSA) is 90.4 Å². The Balaban J connectivity index is 1.43. The zero-order valence-electron chi connectivity index (χ0n) is 14.8. The summed E-state index contributed by atoms with van der Waals surface area (Å²) in [6.07, 6.45) is 2.33. The lowest BCUT2D eigenvalue weighted by molar-refractivity contribution is -0.121. The number of nitrogens with zero attached hydrogens (tertiary/aromatic N) is 2. The lowest BCUT2D eigenvalue weighted by Gasteiger charge is -2.10. The van der Waals surface area contributed by atoms with E-state index in [1.165, 1.54) is 0 Å². The van der Waals surface area contributed by atoms with Crippen molar-refractivity contribution in [3.05, 3.63) is 54.1 Å². The van der Waals surface area contributed by atoms with Gasteiger partial charge in [-0.2, -0.15) is 4.98 Å². The molecule has 0 aliphatic heterocycles. The summed E-state index contributed by atoms with van der Waals surface area (Å²) in [6, 6.07) is 11.2. The van der Waals surface area contributed by atoms with Gasteiger partial charge in [0.25, 0.3) is 0 Å². The van der Waals surface area contributed by atoms with Gasteiger partial charge in [0.15, 0.2) is 5.76 Å². The summed E-state index contributed by atoms with van der Waals surface area (Å²) in [5.74, 6) is 2.06. The summed E-state index contributed by atoms with van der Waals surface area (Å²) in [5, 5.41) is 6.71. The Hall–Kier alpha value is -3.09. The van der Waals surface area contributed by atoms with E-state index >= 15 is 0 Å². The van der Waals surface area contributed by atoms with Gasteiger partial charge in [0.2, 0.25) is 17.6 Å². The molecule has 0 saturated heterocycles. The van der Waals surface area contributed by atoms with Crippen molar-refractivity contribution < 1.29 is 18.5 Å². The molecule has 0 fully saturated rings. The molecule has 3 aromatic rings. The van der Waals surface area contributed by atoms with E-state index in [-0.39, 0.29) is 18.4 Å². The molecule has 0 aliphatic carbocycles. The number of nitrogens with one attached hydrogen (secondary N) is 1. The van der Waals surface area contributed by atoms with Gasteiger partial charge in [0.1, 0.15) is 5.75 Å². The number of amides is 1. The number of carbonyl (C=O) groups excluding carboxylic acids is 1. The van der Waals surface area contributed by atoms with Crippen LogP contribution in [0.25, 0.3) is 11.6 Å². The molecule has 3 rings (SSSR count). The summed E-state index contributed by atoms with van der Waals surface area (Å²) in [5.41, 5.74) is 1.01. The number of carbonyl (C=O) groups is 1. The molecule has 1 N–H and O–H groups in total. The van der Waals surface area contributed by atoms with Gasteiger partial charge in [-0.1, -0.05) is 17.3 Å². The van der Waals surface area contributed by atoms with Gasteiger partial charge in [-0.25, -0.2) is 0 Å². The third-order valence-corrected chi connectivity index (χ3v) is 3.56. The maximum atomic E-state index is 12.0. The second-order valence-corrected chi connectivity index (χ2v) is 6.08. The Labute approximate surface area is 151 Å². The van der Waals surface area contributed by atoms with Crippen molar-refractivity contribution in [1.29, 1.82) is 0 Å². The minimum Gasteiger partial charge on any atom is -0.491 e. The van der Waals surface area contributed by atoms with Gasteiger partial charge in [-0.15, -0.1) is 0 Å². The van der Waals surface area contributed by atoms with Crippen molar-refractivity contribution in [2.75, 3.05) is 0 Å². The average Bonchev–Trinajstić information content (AvgIpc) is 3.30. The van der Waals surface area contributed by atoms with Crippen LogP contribution in [0.2, 0.25) is 0 Å². The number of furan rings is 1. The Morgan fingerprint density at radius 2 is 2.04 bits per heavy atom. The molecular formula is C19H21N3O4. The standard InChI is InChI=1S/C19H21N3O4/c1-13(2)25-15-7-5-14(6-8-15)12-20-17(23)9-10-18-21-19(22-26-18)16-4-3-11-24-16/h3-8,11,13H,9-10,12H2,1-2H3,(H,20,23). The Morgan fingerprint density at radius 3 is 2.73 bits per heavy atom. The zero-order chi connectivity index (χ0) is 18.4. The molecule has 7 nitrogen and oxygen atoms in total. The van der Waals surface area contributed by atoms with E-state index < -0.39 is 0 Å². The number of rotatable bonds is 8. The highest BCUT2D eigenvalue weighted by Gasteiger charge is 2.12. The minimum absolute atomic E-state index is 0.0785. The van der Waals surface area contributed by atoms with Crippen LogP contribution in [0.3, 0.4) is 0 Å². The van der Waals surface area contributed by atoms with Crippen LogP contribution in [-0.4, -0.2) is 22.2 Å². The highest BCUT2D eigenvalue weighted by Crippen LogP contribution is 2.16. The fourth-order valence-electron chi connectivity index (χ4n) is 2.33. The Bertz CT molecular complexity index is 823. The molecule has 1 aromatic carbocycles. The molecule has 0 unspecified atom stereocenters. The van der Waals surface area contributed by atoms with E-state index in [4.69, 9.17) is 13.7 Å². The predicted molar refractivity (Wildman–Crippen MR) is 94.4 cm³/mol. The molecule has 0 radical (unpaired) electrons. The third kappa shape index (κ3) is 4.95. The SMILES string of the molecule is CC(C)Oc1ccc(CNC(=O)CCc2nc(-c3ccco3)no2)cc1. The van der Waals surface area contributed by atoms with Crippen molar-refractivity contribution >= 4 is 5.91 Å². The summed E-state index contributed by atoms with van der Waals surface area (Å²) in [7, 11) is 0. The normalized spacial score (nSPS) is 10.9. The van der Waals surface area contributed by atoms with Gasteiger partial charge in [0.05, 0.1) is 12.4 Å². The van der Waals surface area contributed by atoms with Crippen LogP contribution in [0.4, 0.5) is 0 Å². The molecule has 0 atom stereocenters. The van der Waals surface area contributed by atoms with Crippen LogP contribution in [0, 0.1) is 0 Å². The van der Waals surface area contributed by atoms with Crippen molar-refractivity contribution in [3.63, 3.8) is 0 Å². The van der Waals surface area contributed by atoms with E-state index in [1.54, 1.807) is 18.4 Å². The first-order chi connectivity index (χ1) is 12.6. The maximum Gasteiger partial charge on any atom is 0.238 e. The molecule has 7 heteroatoms. The van der Waals surface area contributed by atoms with Gasteiger partial charge in [0, 0.05) is 19.4 Å². The molecule has 0 bridgehead atoms. The smallest absolute Gasteiger partial charge is 0.238 e. The van der Waals surface area contributed by atoms with Crippen molar-refractivity contribution in [2.45, 2.75) is 39.3 Å². The number of hydrogen-bond acceptors (Lipinski definition) is 6. The van der Waals surface area contributed by atoms with Crippen LogP contribution < -0.4 is 10.1 Å². The molecule has 26 heavy (non-hydrogen) atoms. The first-order valence-corrected chi connectivity index (χ1v) is 8.49. The van der Waals surface area contributed by atoms with Crippen LogP contribution in [0.1, 0.15) is 31.7 Å². The van der Waals surface area contributed by atoms with E-state index in [9.17, 15) is 4.79 Å². The first-order valence-electron chi connectivity index (χ1n) is 8.49. The molecule has 0 spiro atoms. The average molecular weight is 355 g/mol. The second kappa shape index (κ2) is 8.33. The lowest BCUT2D eigenvalue weighted by atomic mass is 10.2. The van der Waals surface area contributed by atoms with E-state index in [2.05, 4.69) is 15.5 Å². The number of aromatic nitrogens is 2. The highest BCUT2D eigenvalue weighted by atomic mass is 16.5. The van der Waals surface area contributed by atoms with Crippen LogP contribution in [0.5, 0.6) is 5.75 Å². The van der Waals surface area contributed by atoms with Crippen LogP contribution in [-0.2, 0) is 17.8 Å². The van der Waals surface area contributed by atoms with Gasteiger partial charge in [-0.05, 0) is 43.7 Å². The van der Waals surface area contributed by atoms with Crippen molar-refractivity contribution in [3.8, 4) is 17.3 Å². The molecular weight excluding hydrogens is 334 g/mol. The minimum atomic E-state index is -0.0785. The van der Waals surface area contributed by atoms with Crippen molar-refractivity contribution in [1.82, 2.24) is 15.5 Å². The fraction of sp³-hybridized carbons (Fsp3) is 0.316. The van der Waals surface area contributed by atoms with Gasteiger partial charge in [-0.3, -0.25) is 4.79 Å². The number of hydrogen-bond donors (Lipinski definition) is 1. The van der Waals surface area contributed by atoms with Crippen LogP contribution >= 0.6 is 0 Å². The summed E-state index contributed by atoms with van der Waals surface area (Å²) >= 11 is 0. The first kappa shape index (κ1) is 17.7.